The Morgan fingerprint density at radius 1 is 1.11 bits per heavy atom. The lowest BCUT2D eigenvalue weighted by Gasteiger charge is -2.27. The Kier molecular flexibility index (Phi) is 5.20. The molecule has 0 aliphatic carbocycles. The van der Waals surface area contributed by atoms with E-state index >= 15 is 0 Å². The number of carbonyl (C=O) groups excluding carboxylic acids is 1. The number of alkyl halides is 2. The first-order valence-electron chi connectivity index (χ1n) is 8.49. The van der Waals surface area contributed by atoms with Crippen molar-refractivity contribution in [2.45, 2.75) is 31.2 Å². The maximum Gasteiger partial charge on any atom is 0.295 e. The van der Waals surface area contributed by atoms with Crippen LogP contribution in [-0.4, -0.2) is 36.6 Å². The number of nitrogens with zero attached hydrogens (tertiary/aromatic N) is 2. The number of nitrogens with one attached hydrogen (secondary N) is 1. The lowest BCUT2D eigenvalue weighted by molar-refractivity contribution is 0.0980. The summed E-state index contributed by atoms with van der Waals surface area (Å²) in [5, 5.41) is 0. The SMILES string of the molecule is CC(C)N(C(=O)c1ccc2nc(C(F)F)[nH]c2c1)c1ccc(S(C)(=O)=O)cc1. The number of amides is 1. The lowest BCUT2D eigenvalue weighted by atomic mass is 10.1. The highest BCUT2D eigenvalue weighted by atomic mass is 32.2. The van der Waals surface area contributed by atoms with Crippen LogP contribution in [0.4, 0.5) is 14.5 Å². The number of sulfone groups is 1. The molecule has 3 aromatic rings. The fraction of sp³-hybridized carbons (Fsp3) is 0.263. The molecule has 0 saturated carbocycles. The molecule has 6 nitrogen and oxygen atoms in total. The zero-order chi connectivity index (χ0) is 20.6. The van der Waals surface area contributed by atoms with Gasteiger partial charge in [0.05, 0.1) is 15.9 Å². The Labute approximate surface area is 161 Å². The van der Waals surface area contributed by atoms with Crippen LogP contribution >= 0.6 is 0 Å². The van der Waals surface area contributed by atoms with Gasteiger partial charge in [0.1, 0.15) is 0 Å². The van der Waals surface area contributed by atoms with Crippen molar-refractivity contribution in [1.82, 2.24) is 9.97 Å². The van der Waals surface area contributed by atoms with Gasteiger partial charge in [0, 0.05) is 23.5 Å². The highest BCUT2D eigenvalue weighted by molar-refractivity contribution is 7.90. The molecule has 0 fully saturated rings. The molecule has 1 N–H and O–H groups in total. The number of aromatic amines is 1. The fourth-order valence-electron chi connectivity index (χ4n) is 2.91. The minimum absolute atomic E-state index is 0.158. The van der Waals surface area contributed by atoms with E-state index in [2.05, 4.69) is 9.97 Å². The third-order valence-corrected chi connectivity index (χ3v) is 5.36. The molecule has 0 atom stereocenters. The monoisotopic (exact) mass is 407 g/mol. The van der Waals surface area contributed by atoms with E-state index in [1.807, 2.05) is 13.8 Å². The Morgan fingerprint density at radius 3 is 2.29 bits per heavy atom. The quantitative estimate of drug-likeness (QED) is 0.694. The van der Waals surface area contributed by atoms with Crippen LogP contribution in [0.15, 0.2) is 47.4 Å². The molecule has 0 spiro atoms. The van der Waals surface area contributed by atoms with E-state index in [0.717, 1.165) is 6.26 Å². The van der Waals surface area contributed by atoms with Crippen LogP contribution in [0.3, 0.4) is 0 Å². The zero-order valence-corrected chi connectivity index (χ0v) is 16.3. The predicted molar refractivity (Wildman–Crippen MR) is 103 cm³/mol. The van der Waals surface area contributed by atoms with E-state index < -0.39 is 22.1 Å². The molecular weight excluding hydrogens is 388 g/mol. The topological polar surface area (TPSA) is 83.1 Å². The number of aromatic nitrogens is 2. The van der Waals surface area contributed by atoms with Crippen molar-refractivity contribution < 1.29 is 22.0 Å². The van der Waals surface area contributed by atoms with Crippen molar-refractivity contribution in [3.05, 3.63) is 53.9 Å². The van der Waals surface area contributed by atoms with E-state index in [1.165, 1.54) is 35.2 Å². The van der Waals surface area contributed by atoms with Gasteiger partial charge in [0.25, 0.3) is 12.3 Å². The molecule has 0 radical (unpaired) electrons. The fourth-order valence-corrected chi connectivity index (χ4v) is 3.54. The van der Waals surface area contributed by atoms with Gasteiger partial charge in [0.15, 0.2) is 15.7 Å². The van der Waals surface area contributed by atoms with E-state index in [0.29, 0.717) is 22.3 Å². The summed E-state index contributed by atoms with van der Waals surface area (Å²) in [7, 11) is -3.34. The van der Waals surface area contributed by atoms with E-state index in [1.54, 1.807) is 12.1 Å². The minimum atomic E-state index is -3.34. The number of H-pyrrole nitrogens is 1. The molecule has 1 heterocycles. The Bertz CT molecular complexity index is 1120. The lowest BCUT2D eigenvalue weighted by Crippen LogP contribution is -2.37. The molecule has 0 bridgehead atoms. The van der Waals surface area contributed by atoms with Crippen LogP contribution in [0.2, 0.25) is 0 Å². The molecule has 0 saturated heterocycles. The summed E-state index contributed by atoms with van der Waals surface area (Å²) in [4.78, 5) is 21.1. The largest absolute Gasteiger partial charge is 0.337 e. The number of halogens is 2. The summed E-state index contributed by atoms with van der Waals surface area (Å²) >= 11 is 0. The van der Waals surface area contributed by atoms with Gasteiger partial charge in [-0.15, -0.1) is 0 Å². The second-order valence-corrected chi connectivity index (χ2v) is 8.71. The van der Waals surface area contributed by atoms with Gasteiger partial charge in [-0.25, -0.2) is 22.2 Å². The van der Waals surface area contributed by atoms with Gasteiger partial charge in [-0.1, -0.05) is 0 Å². The van der Waals surface area contributed by atoms with Crippen LogP contribution in [0, 0.1) is 0 Å². The van der Waals surface area contributed by atoms with Crippen molar-refractivity contribution in [2.75, 3.05) is 11.2 Å². The highest BCUT2D eigenvalue weighted by Crippen LogP contribution is 2.25. The van der Waals surface area contributed by atoms with Crippen molar-refractivity contribution in [1.29, 1.82) is 0 Å². The van der Waals surface area contributed by atoms with Crippen LogP contribution in [0.1, 0.15) is 36.5 Å². The van der Waals surface area contributed by atoms with Crippen molar-refractivity contribution in [3.63, 3.8) is 0 Å². The van der Waals surface area contributed by atoms with E-state index in [9.17, 15) is 22.0 Å². The molecule has 1 aromatic heterocycles. The summed E-state index contributed by atoms with van der Waals surface area (Å²) in [6, 6.07) is 10.3. The molecule has 1 amide bonds. The highest BCUT2D eigenvalue weighted by Gasteiger charge is 2.22. The Balaban J connectivity index is 1.98. The maximum absolute atomic E-state index is 13.1. The number of benzene rings is 2. The Hall–Kier alpha value is -2.81. The summed E-state index contributed by atoms with van der Waals surface area (Å²) in [5.41, 5.74) is 1.53. The van der Waals surface area contributed by atoms with Crippen LogP contribution < -0.4 is 4.90 Å². The molecule has 0 aliphatic rings. The van der Waals surface area contributed by atoms with Gasteiger partial charge < -0.3 is 9.88 Å². The summed E-state index contributed by atoms with van der Waals surface area (Å²) in [6.45, 7) is 3.65. The molecule has 0 unspecified atom stereocenters. The molecule has 9 heteroatoms. The average Bonchev–Trinajstić information content (AvgIpc) is 3.04. The van der Waals surface area contributed by atoms with E-state index in [-0.39, 0.29) is 16.8 Å². The number of anilines is 1. The van der Waals surface area contributed by atoms with Crippen molar-refractivity contribution >= 4 is 32.5 Å². The average molecular weight is 407 g/mol. The first kappa shape index (κ1) is 19.9. The predicted octanol–water partition coefficient (Wildman–Crippen LogP) is 3.96. The molecule has 148 valence electrons. The normalized spacial score (nSPS) is 12.1. The third-order valence-electron chi connectivity index (χ3n) is 4.23. The summed E-state index contributed by atoms with van der Waals surface area (Å²) in [6.07, 6.45) is -1.62. The summed E-state index contributed by atoms with van der Waals surface area (Å²) < 4.78 is 48.9. The van der Waals surface area contributed by atoms with Gasteiger partial charge in [-0.05, 0) is 56.3 Å². The zero-order valence-electron chi connectivity index (χ0n) is 15.5. The third kappa shape index (κ3) is 3.89. The van der Waals surface area contributed by atoms with Crippen LogP contribution in [0.5, 0.6) is 0 Å². The van der Waals surface area contributed by atoms with Gasteiger partial charge in [-0.3, -0.25) is 4.79 Å². The number of hydrogen-bond acceptors (Lipinski definition) is 4. The number of hydrogen-bond donors (Lipinski definition) is 1. The van der Waals surface area contributed by atoms with Crippen molar-refractivity contribution in [3.8, 4) is 0 Å². The molecule has 28 heavy (non-hydrogen) atoms. The van der Waals surface area contributed by atoms with Crippen LogP contribution in [-0.2, 0) is 9.84 Å². The maximum atomic E-state index is 13.1. The van der Waals surface area contributed by atoms with Gasteiger partial charge in [-0.2, -0.15) is 0 Å². The summed E-state index contributed by atoms with van der Waals surface area (Å²) in [5.74, 6) is -0.783. The first-order chi connectivity index (χ1) is 13.1. The number of rotatable bonds is 5. The number of fused-ring (bicyclic) bond motifs is 1. The molecule has 0 aliphatic heterocycles. The van der Waals surface area contributed by atoms with Gasteiger partial charge >= 0.3 is 0 Å². The first-order valence-corrected chi connectivity index (χ1v) is 10.4. The standard InChI is InChI=1S/C19H19F2N3O3S/c1-11(2)24(13-5-7-14(8-6-13)28(3,26)27)19(25)12-4-9-15-16(10-12)23-18(22-15)17(20)21/h4-11,17H,1-3H3,(H,22,23). The molecular formula is C19H19F2N3O3S. The molecule has 3 rings (SSSR count). The van der Waals surface area contributed by atoms with Crippen molar-refractivity contribution in [2.24, 2.45) is 0 Å². The molecule has 2 aromatic carbocycles. The van der Waals surface area contributed by atoms with E-state index in [4.69, 9.17) is 0 Å². The van der Waals surface area contributed by atoms with Crippen LogP contribution in [0.25, 0.3) is 11.0 Å². The minimum Gasteiger partial charge on any atom is -0.337 e. The second kappa shape index (κ2) is 7.31. The second-order valence-electron chi connectivity index (χ2n) is 6.69. The smallest absolute Gasteiger partial charge is 0.295 e. The number of carbonyl (C=O) groups is 1. The Morgan fingerprint density at radius 2 is 1.75 bits per heavy atom. The number of imidazole rings is 1. The van der Waals surface area contributed by atoms with Gasteiger partial charge in [0.2, 0.25) is 0 Å².